The maximum atomic E-state index is 13.1. The Kier molecular flexibility index (Phi) is 6.24. The van der Waals surface area contributed by atoms with Gasteiger partial charge in [0, 0.05) is 32.7 Å². The average molecular weight is 336 g/mol. The van der Waals surface area contributed by atoms with Gasteiger partial charge in [0.1, 0.15) is 0 Å². The molecular weight excluding hydrogens is 308 g/mol. The average Bonchev–Trinajstić information content (AvgIpc) is 2.90. The molecule has 2 aromatic carbocycles. The fourth-order valence-corrected chi connectivity index (χ4v) is 3.65. The largest absolute Gasteiger partial charge is 0.341 e. The number of carbonyl (C=O) groups is 1. The van der Waals surface area contributed by atoms with E-state index >= 15 is 0 Å². The van der Waals surface area contributed by atoms with E-state index in [0.29, 0.717) is 0 Å². The molecule has 1 saturated heterocycles. The van der Waals surface area contributed by atoms with Crippen LogP contribution in [0, 0.1) is 0 Å². The first-order valence-electron chi connectivity index (χ1n) is 9.38. The van der Waals surface area contributed by atoms with E-state index in [2.05, 4.69) is 59.2 Å². The molecule has 0 radical (unpaired) electrons. The molecule has 1 heterocycles. The number of rotatable bonds is 5. The van der Waals surface area contributed by atoms with Crippen molar-refractivity contribution in [2.45, 2.75) is 32.2 Å². The first-order valence-corrected chi connectivity index (χ1v) is 9.38. The van der Waals surface area contributed by atoms with Gasteiger partial charge in [-0.15, -0.1) is 0 Å². The highest BCUT2D eigenvalue weighted by molar-refractivity contribution is 5.83. The van der Waals surface area contributed by atoms with Crippen LogP contribution in [-0.2, 0) is 11.3 Å². The molecule has 0 N–H and O–H groups in total. The second-order valence-corrected chi connectivity index (χ2v) is 6.81. The highest BCUT2D eigenvalue weighted by Crippen LogP contribution is 2.23. The second-order valence-electron chi connectivity index (χ2n) is 6.81. The van der Waals surface area contributed by atoms with Crippen molar-refractivity contribution in [2.75, 3.05) is 26.2 Å². The molecule has 1 amide bonds. The Morgan fingerprint density at radius 3 is 2.28 bits per heavy atom. The van der Waals surface area contributed by atoms with E-state index in [0.717, 1.165) is 51.1 Å². The van der Waals surface area contributed by atoms with E-state index in [4.69, 9.17) is 0 Å². The predicted molar refractivity (Wildman–Crippen MR) is 102 cm³/mol. The highest BCUT2D eigenvalue weighted by Gasteiger charge is 2.26. The Morgan fingerprint density at radius 2 is 1.60 bits per heavy atom. The Balaban J connectivity index is 1.61. The standard InChI is InChI=1S/C22H28N2O/c1-2-21(20-12-7-4-8-13-20)22(25)24-15-9-14-23(16-17-24)18-19-10-5-3-6-11-19/h3-8,10-13,21H,2,9,14-18H2,1H3. The summed E-state index contributed by atoms with van der Waals surface area (Å²) in [6, 6.07) is 20.8. The van der Waals surface area contributed by atoms with E-state index in [-0.39, 0.29) is 11.8 Å². The SMILES string of the molecule is CCC(C(=O)N1CCCN(Cc2ccccc2)CC1)c1ccccc1. The minimum absolute atomic E-state index is 0.0122. The number of carbonyl (C=O) groups excluding carboxylic acids is 1. The molecule has 0 aromatic heterocycles. The number of hydrogen-bond donors (Lipinski definition) is 0. The van der Waals surface area contributed by atoms with Crippen LogP contribution in [0.15, 0.2) is 60.7 Å². The zero-order valence-corrected chi connectivity index (χ0v) is 15.1. The zero-order valence-electron chi connectivity index (χ0n) is 15.1. The molecule has 0 saturated carbocycles. The van der Waals surface area contributed by atoms with Gasteiger partial charge in [0.25, 0.3) is 0 Å². The van der Waals surface area contributed by atoms with Crippen LogP contribution < -0.4 is 0 Å². The predicted octanol–water partition coefficient (Wildman–Crippen LogP) is 3.91. The first-order chi connectivity index (χ1) is 12.3. The van der Waals surface area contributed by atoms with Gasteiger partial charge >= 0.3 is 0 Å². The van der Waals surface area contributed by atoms with E-state index in [1.165, 1.54) is 5.56 Å². The van der Waals surface area contributed by atoms with Crippen molar-refractivity contribution in [1.29, 1.82) is 0 Å². The molecule has 1 fully saturated rings. The lowest BCUT2D eigenvalue weighted by Crippen LogP contribution is -2.38. The molecule has 132 valence electrons. The van der Waals surface area contributed by atoms with E-state index < -0.39 is 0 Å². The third kappa shape index (κ3) is 4.70. The molecule has 0 spiro atoms. The summed E-state index contributed by atoms with van der Waals surface area (Å²) >= 11 is 0. The molecule has 1 aliphatic heterocycles. The second kappa shape index (κ2) is 8.82. The molecule has 2 aromatic rings. The summed E-state index contributed by atoms with van der Waals surface area (Å²) in [5, 5.41) is 0. The highest BCUT2D eigenvalue weighted by atomic mass is 16.2. The fourth-order valence-electron chi connectivity index (χ4n) is 3.65. The molecule has 1 unspecified atom stereocenters. The van der Waals surface area contributed by atoms with E-state index in [1.54, 1.807) is 0 Å². The first kappa shape index (κ1) is 17.7. The van der Waals surface area contributed by atoms with Crippen LogP contribution in [-0.4, -0.2) is 41.9 Å². The number of hydrogen-bond acceptors (Lipinski definition) is 2. The van der Waals surface area contributed by atoms with Gasteiger partial charge in [0.2, 0.25) is 5.91 Å². The Labute approximate surface area is 151 Å². The topological polar surface area (TPSA) is 23.6 Å². The lowest BCUT2D eigenvalue weighted by Gasteiger charge is -2.26. The van der Waals surface area contributed by atoms with E-state index in [9.17, 15) is 4.79 Å². The number of nitrogens with zero attached hydrogens (tertiary/aromatic N) is 2. The summed E-state index contributed by atoms with van der Waals surface area (Å²) in [6.45, 7) is 6.78. The minimum Gasteiger partial charge on any atom is -0.341 e. The van der Waals surface area contributed by atoms with Crippen LogP contribution in [0.25, 0.3) is 0 Å². The van der Waals surface area contributed by atoms with Gasteiger partial charge in [-0.3, -0.25) is 9.69 Å². The third-order valence-electron chi connectivity index (χ3n) is 5.06. The monoisotopic (exact) mass is 336 g/mol. The molecule has 0 aliphatic carbocycles. The molecule has 1 aliphatic rings. The fraction of sp³-hybridized carbons (Fsp3) is 0.409. The molecular formula is C22H28N2O. The molecule has 25 heavy (non-hydrogen) atoms. The summed E-state index contributed by atoms with van der Waals surface area (Å²) in [6.07, 6.45) is 1.90. The summed E-state index contributed by atoms with van der Waals surface area (Å²) in [7, 11) is 0. The van der Waals surface area contributed by atoms with Crippen LogP contribution in [0.5, 0.6) is 0 Å². The maximum Gasteiger partial charge on any atom is 0.230 e. The van der Waals surface area contributed by atoms with Crippen molar-refractivity contribution in [2.24, 2.45) is 0 Å². The Hall–Kier alpha value is -2.13. The van der Waals surface area contributed by atoms with Crippen LogP contribution in [0.3, 0.4) is 0 Å². The molecule has 1 atom stereocenters. The summed E-state index contributed by atoms with van der Waals surface area (Å²) in [5.41, 5.74) is 2.48. The zero-order chi connectivity index (χ0) is 17.5. The van der Waals surface area contributed by atoms with Gasteiger partial charge in [-0.2, -0.15) is 0 Å². The van der Waals surface area contributed by atoms with Gasteiger partial charge in [0.05, 0.1) is 5.92 Å². The van der Waals surface area contributed by atoms with Crippen LogP contribution in [0.4, 0.5) is 0 Å². The maximum absolute atomic E-state index is 13.1. The smallest absolute Gasteiger partial charge is 0.230 e. The Bertz CT molecular complexity index is 656. The summed E-state index contributed by atoms with van der Waals surface area (Å²) in [5.74, 6) is 0.275. The van der Waals surface area contributed by atoms with Crippen molar-refractivity contribution >= 4 is 5.91 Å². The normalized spacial score (nSPS) is 17.1. The van der Waals surface area contributed by atoms with Gasteiger partial charge in [-0.25, -0.2) is 0 Å². The molecule has 3 rings (SSSR count). The summed E-state index contributed by atoms with van der Waals surface area (Å²) in [4.78, 5) is 17.6. The van der Waals surface area contributed by atoms with Crippen LogP contribution >= 0.6 is 0 Å². The minimum atomic E-state index is -0.0122. The number of benzene rings is 2. The van der Waals surface area contributed by atoms with Crippen LogP contribution in [0.2, 0.25) is 0 Å². The van der Waals surface area contributed by atoms with Gasteiger partial charge in [0.15, 0.2) is 0 Å². The van der Waals surface area contributed by atoms with Gasteiger partial charge in [-0.1, -0.05) is 67.6 Å². The Morgan fingerprint density at radius 1 is 0.920 bits per heavy atom. The lowest BCUT2D eigenvalue weighted by molar-refractivity contribution is -0.132. The van der Waals surface area contributed by atoms with E-state index in [1.807, 2.05) is 18.2 Å². The molecule has 3 nitrogen and oxygen atoms in total. The lowest BCUT2D eigenvalue weighted by atomic mass is 9.95. The van der Waals surface area contributed by atoms with Gasteiger partial charge in [-0.05, 0) is 24.0 Å². The van der Waals surface area contributed by atoms with Crippen molar-refractivity contribution < 1.29 is 4.79 Å². The van der Waals surface area contributed by atoms with Crippen LogP contribution in [0.1, 0.15) is 36.8 Å². The summed E-state index contributed by atoms with van der Waals surface area (Å²) < 4.78 is 0. The molecule has 3 heteroatoms. The molecule has 0 bridgehead atoms. The van der Waals surface area contributed by atoms with Crippen molar-refractivity contribution in [3.8, 4) is 0 Å². The van der Waals surface area contributed by atoms with Crippen molar-refractivity contribution in [3.63, 3.8) is 0 Å². The third-order valence-corrected chi connectivity index (χ3v) is 5.06. The van der Waals surface area contributed by atoms with Crippen molar-refractivity contribution in [3.05, 3.63) is 71.8 Å². The van der Waals surface area contributed by atoms with Gasteiger partial charge < -0.3 is 4.90 Å². The number of amides is 1. The van der Waals surface area contributed by atoms with Crippen molar-refractivity contribution in [1.82, 2.24) is 9.80 Å². The quantitative estimate of drug-likeness (QED) is 0.826.